The van der Waals surface area contributed by atoms with Gasteiger partial charge in [-0.1, -0.05) is 29.8 Å². The predicted molar refractivity (Wildman–Crippen MR) is 138 cm³/mol. The largest absolute Gasteiger partial charge is 0.487 e. The van der Waals surface area contributed by atoms with Crippen molar-refractivity contribution in [3.05, 3.63) is 94.7 Å². The van der Waals surface area contributed by atoms with Gasteiger partial charge in [0, 0.05) is 42.0 Å². The Morgan fingerprint density at radius 1 is 1.08 bits per heavy atom. The number of fused-ring (bicyclic) bond motifs is 6. The van der Waals surface area contributed by atoms with Crippen LogP contribution in [0.15, 0.2) is 61.1 Å². The first-order valence-electron chi connectivity index (χ1n) is 12.0. The SMILES string of the molecule is Fc1ccc(C2CCc3c4nc(nc32)Nc2ccc(-n3cnc(Cl)c3)c(c2)OCC=CCCN4)c(F)c1. The fraction of sp³-hybridized carbons (Fsp3) is 0.222. The highest BCUT2D eigenvalue weighted by Gasteiger charge is 2.31. The van der Waals surface area contributed by atoms with E-state index in [2.05, 4.69) is 15.6 Å². The zero-order valence-corrected chi connectivity index (χ0v) is 20.5. The third-order valence-corrected chi connectivity index (χ3v) is 6.74. The van der Waals surface area contributed by atoms with Crippen LogP contribution in [0.4, 0.5) is 26.2 Å². The molecule has 2 N–H and O–H groups in total. The van der Waals surface area contributed by atoms with Crippen LogP contribution in [0.25, 0.3) is 5.69 Å². The van der Waals surface area contributed by atoms with Crippen LogP contribution in [0.5, 0.6) is 5.75 Å². The topological polar surface area (TPSA) is 76.9 Å². The van der Waals surface area contributed by atoms with E-state index >= 15 is 0 Å². The molecular formula is C27H23ClF2N6O. The fourth-order valence-corrected chi connectivity index (χ4v) is 4.98. The van der Waals surface area contributed by atoms with Gasteiger partial charge in [-0.3, -0.25) is 0 Å². The maximum absolute atomic E-state index is 14.7. The zero-order valence-electron chi connectivity index (χ0n) is 19.7. The molecule has 2 aromatic carbocycles. The van der Waals surface area contributed by atoms with Crippen LogP contribution in [-0.4, -0.2) is 32.7 Å². The van der Waals surface area contributed by atoms with Gasteiger partial charge in [-0.05, 0) is 43.0 Å². The highest BCUT2D eigenvalue weighted by molar-refractivity contribution is 6.29. The van der Waals surface area contributed by atoms with Crippen molar-refractivity contribution >= 4 is 29.1 Å². The zero-order chi connectivity index (χ0) is 25.4. The molecule has 1 unspecified atom stereocenters. The van der Waals surface area contributed by atoms with Crippen molar-refractivity contribution in [1.29, 1.82) is 0 Å². The molecule has 3 heterocycles. The van der Waals surface area contributed by atoms with Crippen LogP contribution >= 0.6 is 11.6 Å². The Morgan fingerprint density at radius 3 is 2.84 bits per heavy atom. The smallest absolute Gasteiger partial charge is 0.229 e. The summed E-state index contributed by atoms with van der Waals surface area (Å²) in [6.45, 7) is 1.07. The summed E-state index contributed by atoms with van der Waals surface area (Å²) in [5.74, 6) is 0.291. The van der Waals surface area contributed by atoms with E-state index in [4.69, 9.17) is 26.3 Å². The van der Waals surface area contributed by atoms with E-state index in [1.54, 1.807) is 17.1 Å². The van der Waals surface area contributed by atoms with Crippen LogP contribution in [0.3, 0.4) is 0 Å². The summed E-state index contributed by atoms with van der Waals surface area (Å²) in [5.41, 5.74) is 3.65. The molecule has 1 aliphatic carbocycles. The van der Waals surface area contributed by atoms with Crippen LogP contribution in [-0.2, 0) is 6.42 Å². The van der Waals surface area contributed by atoms with E-state index in [1.807, 2.05) is 30.4 Å². The molecule has 0 spiro atoms. The Labute approximate surface area is 217 Å². The van der Waals surface area contributed by atoms with Crippen molar-refractivity contribution < 1.29 is 13.5 Å². The highest BCUT2D eigenvalue weighted by atomic mass is 35.5. The van der Waals surface area contributed by atoms with Crippen molar-refractivity contribution in [2.75, 3.05) is 23.8 Å². The van der Waals surface area contributed by atoms with E-state index < -0.39 is 11.6 Å². The van der Waals surface area contributed by atoms with E-state index in [9.17, 15) is 8.78 Å². The van der Waals surface area contributed by atoms with Crippen molar-refractivity contribution in [3.63, 3.8) is 0 Å². The van der Waals surface area contributed by atoms with Gasteiger partial charge in [0.2, 0.25) is 5.95 Å². The average Bonchev–Trinajstić information content (AvgIpc) is 3.49. The summed E-state index contributed by atoms with van der Waals surface area (Å²) in [4.78, 5) is 13.6. The molecule has 0 radical (unpaired) electrons. The molecule has 0 saturated carbocycles. The lowest BCUT2D eigenvalue weighted by atomic mass is 9.96. The Hall–Kier alpha value is -3.98. The number of halogens is 3. The molecule has 0 saturated heterocycles. The van der Waals surface area contributed by atoms with Crippen LogP contribution in [0, 0.1) is 11.6 Å². The monoisotopic (exact) mass is 520 g/mol. The van der Waals surface area contributed by atoms with Gasteiger partial charge >= 0.3 is 0 Å². The first-order chi connectivity index (χ1) is 18.0. The van der Waals surface area contributed by atoms with Crippen molar-refractivity contribution in [2.45, 2.75) is 25.2 Å². The van der Waals surface area contributed by atoms with Crippen LogP contribution in [0.2, 0.25) is 5.15 Å². The summed E-state index contributed by atoms with van der Waals surface area (Å²) >= 11 is 6.03. The molecule has 1 aliphatic heterocycles. The Morgan fingerprint density at radius 2 is 2.00 bits per heavy atom. The Kier molecular flexibility index (Phi) is 6.21. The number of anilines is 3. The minimum absolute atomic E-state index is 0.286. The summed E-state index contributed by atoms with van der Waals surface area (Å²) in [6.07, 6.45) is 9.50. The molecule has 2 aliphatic rings. The molecule has 188 valence electrons. The number of nitrogens with zero attached hydrogens (tertiary/aromatic N) is 4. The van der Waals surface area contributed by atoms with Crippen molar-refractivity contribution in [1.82, 2.24) is 19.5 Å². The second-order valence-electron chi connectivity index (χ2n) is 8.93. The minimum atomic E-state index is -0.596. The molecule has 4 bridgehead atoms. The van der Waals surface area contributed by atoms with Gasteiger partial charge in [-0.2, -0.15) is 4.98 Å². The summed E-state index contributed by atoms with van der Waals surface area (Å²) in [5, 5.41) is 7.08. The molecule has 6 rings (SSSR count). The number of hydrogen-bond acceptors (Lipinski definition) is 6. The Balaban J connectivity index is 1.41. The third kappa shape index (κ3) is 4.74. The van der Waals surface area contributed by atoms with Gasteiger partial charge in [-0.25, -0.2) is 18.7 Å². The van der Waals surface area contributed by atoms with Gasteiger partial charge < -0.3 is 19.9 Å². The van der Waals surface area contributed by atoms with Crippen molar-refractivity contribution in [2.24, 2.45) is 0 Å². The lowest BCUT2D eigenvalue weighted by molar-refractivity contribution is 0.361. The summed E-state index contributed by atoms with van der Waals surface area (Å²) < 4.78 is 36.1. The first-order valence-corrected chi connectivity index (χ1v) is 12.4. The lowest BCUT2D eigenvalue weighted by Crippen LogP contribution is -2.11. The van der Waals surface area contributed by atoms with E-state index in [1.165, 1.54) is 12.1 Å². The third-order valence-electron chi connectivity index (χ3n) is 6.54. The molecule has 2 aromatic heterocycles. The van der Waals surface area contributed by atoms with Crippen LogP contribution < -0.4 is 15.4 Å². The maximum atomic E-state index is 14.7. The van der Waals surface area contributed by atoms with E-state index in [0.717, 1.165) is 40.9 Å². The van der Waals surface area contributed by atoms with Crippen LogP contribution in [0.1, 0.15) is 35.6 Å². The summed E-state index contributed by atoms with van der Waals surface area (Å²) in [7, 11) is 0. The Bertz CT molecular complexity index is 1500. The number of rotatable bonds is 2. The number of ether oxygens (including phenoxy) is 1. The van der Waals surface area contributed by atoms with Gasteiger partial charge in [0.15, 0.2) is 0 Å². The lowest BCUT2D eigenvalue weighted by Gasteiger charge is -2.17. The maximum Gasteiger partial charge on any atom is 0.229 e. The molecular weight excluding hydrogens is 498 g/mol. The number of aromatic nitrogens is 4. The fourth-order valence-electron chi connectivity index (χ4n) is 4.83. The molecule has 0 fully saturated rings. The number of nitrogens with one attached hydrogen (secondary N) is 2. The highest BCUT2D eigenvalue weighted by Crippen LogP contribution is 2.41. The quantitative estimate of drug-likeness (QED) is 0.308. The number of benzene rings is 2. The molecule has 10 heteroatoms. The number of hydrogen-bond donors (Lipinski definition) is 2. The predicted octanol–water partition coefficient (Wildman–Crippen LogP) is 6.17. The van der Waals surface area contributed by atoms with Gasteiger partial charge in [0.05, 0.1) is 11.4 Å². The van der Waals surface area contributed by atoms with E-state index in [0.29, 0.717) is 48.4 Å². The van der Waals surface area contributed by atoms with Gasteiger partial charge in [0.1, 0.15) is 41.3 Å². The summed E-state index contributed by atoms with van der Waals surface area (Å²) in [6, 6.07) is 9.37. The normalized spacial score (nSPS) is 16.8. The average molecular weight is 521 g/mol. The molecule has 1 atom stereocenters. The molecule has 4 aromatic rings. The first kappa shape index (κ1) is 23.4. The second-order valence-corrected chi connectivity index (χ2v) is 9.31. The molecule has 37 heavy (non-hydrogen) atoms. The molecule has 7 nitrogen and oxygen atoms in total. The standard InChI is InChI=1S/C27H23ClF2N6O/c28-24-14-36(15-32-24)22-9-5-17-13-23(22)37-11-3-1-2-10-31-26-20-8-7-19(25(20)34-27(33-17)35-26)18-6-4-16(29)12-21(18)30/h1,3-6,9,12-15,19H,2,7-8,10-11H2,(H2,31,33,34,35). The second kappa shape index (κ2) is 9.82. The molecule has 0 amide bonds. The van der Waals surface area contributed by atoms with Gasteiger partial charge in [-0.15, -0.1) is 0 Å². The van der Waals surface area contributed by atoms with Crippen molar-refractivity contribution in [3.8, 4) is 11.4 Å². The number of imidazole rings is 1. The van der Waals surface area contributed by atoms with E-state index in [-0.39, 0.29) is 5.92 Å². The van der Waals surface area contributed by atoms with Gasteiger partial charge in [0.25, 0.3) is 0 Å². The minimum Gasteiger partial charge on any atom is -0.487 e.